The highest BCUT2D eigenvalue weighted by molar-refractivity contribution is 7.89. The Morgan fingerprint density at radius 2 is 1.64 bits per heavy atom. The van der Waals surface area contributed by atoms with Gasteiger partial charge in [0, 0.05) is 19.6 Å². The number of nitrogens with zero attached hydrogens (tertiary/aromatic N) is 1. The number of carbonyl (C=O) groups excluding carboxylic acids is 2. The average molecular weight is 477 g/mol. The van der Waals surface area contributed by atoms with Crippen LogP contribution in [0.3, 0.4) is 0 Å². The Kier molecular flexibility index (Phi) is 8.20. The predicted molar refractivity (Wildman–Crippen MR) is 122 cm³/mol. The molecule has 0 spiro atoms. The molecule has 3 rings (SSSR count). The fraction of sp³-hybridized carbons (Fsp3) is 0.417. The third-order valence-electron chi connectivity index (χ3n) is 5.55. The van der Waals surface area contributed by atoms with Gasteiger partial charge in [-0.15, -0.1) is 0 Å². The Morgan fingerprint density at radius 1 is 1.03 bits per heavy atom. The van der Waals surface area contributed by atoms with Gasteiger partial charge in [0.2, 0.25) is 10.0 Å². The lowest BCUT2D eigenvalue weighted by Gasteiger charge is -2.34. The molecule has 2 aromatic carbocycles. The first-order chi connectivity index (χ1) is 15.6. The van der Waals surface area contributed by atoms with Crippen molar-refractivity contribution in [3.05, 3.63) is 65.5 Å². The Hall–Kier alpha value is -2.78. The molecule has 1 heterocycles. The van der Waals surface area contributed by atoms with Gasteiger partial charge in [0.1, 0.15) is 5.82 Å². The van der Waals surface area contributed by atoms with Crippen molar-refractivity contribution in [2.24, 2.45) is 11.8 Å². The minimum Gasteiger partial charge on any atom is -0.452 e. The van der Waals surface area contributed by atoms with Gasteiger partial charge in [-0.3, -0.25) is 4.79 Å². The van der Waals surface area contributed by atoms with E-state index >= 15 is 0 Å². The molecule has 2 unspecified atom stereocenters. The fourth-order valence-corrected chi connectivity index (χ4v) is 5.66. The van der Waals surface area contributed by atoms with Gasteiger partial charge in [-0.25, -0.2) is 17.6 Å². The quantitative estimate of drug-likeness (QED) is 0.592. The molecule has 1 saturated heterocycles. The molecule has 2 aromatic rings. The van der Waals surface area contributed by atoms with Crippen LogP contribution < -0.4 is 5.32 Å². The molecule has 178 valence electrons. The molecule has 0 bridgehead atoms. The number of halogens is 1. The van der Waals surface area contributed by atoms with E-state index < -0.39 is 28.5 Å². The van der Waals surface area contributed by atoms with Crippen LogP contribution in [0.5, 0.6) is 0 Å². The van der Waals surface area contributed by atoms with Crippen molar-refractivity contribution in [1.29, 1.82) is 0 Å². The molecule has 1 amide bonds. The zero-order valence-electron chi connectivity index (χ0n) is 18.8. The van der Waals surface area contributed by atoms with E-state index in [4.69, 9.17) is 4.74 Å². The molecule has 0 saturated carbocycles. The van der Waals surface area contributed by atoms with Crippen molar-refractivity contribution in [1.82, 2.24) is 9.62 Å². The molecule has 0 aliphatic carbocycles. The molecular weight excluding hydrogens is 447 g/mol. The van der Waals surface area contributed by atoms with Crippen LogP contribution in [-0.4, -0.2) is 50.8 Å². The lowest BCUT2D eigenvalue weighted by molar-refractivity contribution is -0.124. The number of hydrogen-bond acceptors (Lipinski definition) is 5. The summed E-state index contributed by atoms with van der Waals surface area (Å²) in [5.74, 6) is -0.916. The topological polar surface area (TPSA) is 92.8 Å². The number of carbonyl (C=O) groups is 2. The van der Waals surface area contributed by atoms with Gasteiger partial charge >= 0.3 is 5.97 Å². The zero-order valence-corrected chi connectivity index (χ0v) is 19.6. The first-order valence-electron chi connectivity index (χ1n) is 10.9. The summed E-state index contributed by atoms with van der Waals surface area (Å²) < 4.78 is 45.3. The van der Waals surface area contributed by atoms with E-state index in [9.17, 15) is 22.4 Å². The van der Waals surface area contributed by atoms with Crippen LogP contribution in [0.1, 0.15) is 36.2 Å². The summed E-state index contributed by atoms with van der Waals surface area (Å²) in [5, 5.41) is 2.63. The number of piperidine rings is 1. The highest BCUT2D eigenvalue weighted by Crippen LogP contribution is 2.26. The monoisotopic (exact) mass is 476 g/mol. The average Bonchev–Trinajstić information content (AvgIpc) is 2.78. The predicted octanol–water partition coefficient (Wildman–Crippen LogP) is 3.01. The van der Waals surface area contributed by atoms with Gasteiger partial charge in [-0.2, -0.15) is 4.31 Å². The van der Waals surface area contributed by atoms with E-state index in [-0.39, 0.29) is 16.3 Å². The van der Waals surface area contributed by atoms with Gasteiger partial charge in [-0.05, 0) is 66.6 Å². The van der Waals surface area contributed by atoms with Gasteiger partial charge in [0.25, 0.3) is 5.91 Å². The number of nitrogens with one attached hydrogen (secondary N) is 1. The third kappa shape index (κ3) is 6.85. The summed E-state index contributed by atoms with van der Waals surface area (Å²) in [7, 11) is -3.64. The van der Waals surface area contributed by atoms with Gasteiger partial charge in [0.15, 0.2) is 6.61 Å². The fourth-order valence-electron chi connectivity index (χ4n) is 3.98. The van der Waals surface area contributed by atoms with Crippen LogP contribution in [0.25, 0.3) is 0 Å². The summed E-state index contributed by atoms with van der Waals surface area (Å²) in [4.78, 5) is 24.3. The summed E-state index contributed by atoms with van der Waals surface area (Å²) in [6.07, 6.45) is 1.51. The minimum atomic E-state index is -3.64. The smallest absolute Gasteiger partial charge is 0.338 e. The standard InChI is InChI=1S/C24H29FN2O5S/c1-17-13-18(2)15-27(14-17)33(30,31)22-9-5-20(6-10-22)24(29)32-16-23(28)26-12-11-19-3-7-21(25)8-4-19/h3-10,17-18H,11-16H2,1-2H3,(H,26,28). The highest BCUT2D eigenvalue weighted by atomic mass is 32.2. The Morgan fingerprint density at radius 3 is 2.24 bits per heavy atom. The number of rotatable bonds is 8. The van der Waals surface area contributed by atoms with Gasteiger partial charge in [0.05, 0.1) is 10.5 Å². The van der Waals surface area contributed by atoms with Crippen molar-refractivity contribution >= 4 is 21.9 Å². The van der Waals surface area contributed by atoms with E-state index in [1.807, 2.05) is 13.8 Å². The first kappa shape index (κ1) is 24.9. The minimum absolute atomic E-state index is 0.124. The van der Waals surface area contributed by atoms with E-state index in [0.717, 1.165) is 12.0 Å². The Balaban J connectivity index is 1.48. The molecular formula is C24H29FN2O5S. The number of benzene rings is 2. The normalized spacial score (nSPS) is 19.1. The van der Waals surface area contributed by atoms with Crippen LogP contribution in [0, 0.1) is 17.7 Å². The Bertz CT molecular complexity index is 1060. The van der Waals surface area contributed by atoms with Crippen molar-refractivity contribution in [3.63, 3.8) is 0 Å². The second kappa shape index (κ2) is 10.9. The van der Waals surface area contributed by atoms with Crippen LogP contribution >= 0.6 is 0 Å². The molecule has 1 aliphatic heterocycles. The molecule has 7 nitrogen and oxygen atoms in total. The third-order valence-corrected chi connectivity index (χ3v) is 7.39. The molecule has 0 radical (unpaired) electrons. The van der Waals surface area contributed by atoms with Gasteiger partial charge < -0.3 is 10.1 Å². The maximum absolute atomic E-state index is 12.9. The van der Waals surface area contributed by atoms with Crippen molar-refractivity contribution in [3.8, 4) is 0 Å². The van der Waals surface area contributed by atoms with E-state index in [2.05, 4.69) is 5.32 Å². The molecule has 1 aliphatic rings. The largest absolute Gasteiger partial charge is 0.452 e. The van der Waals surface area contributed by atoms with Crippen LogP contribution in [0.15, 0.2) is 53.4 Å². The van der Waals surface area contributed by atoms with Gasteiger partial charge in [-0.1, -0.05) is 26.0 Å². The van der Waals surface area contributed by atoms with Crippen LogP contribution in [0.4, 0.5) is 4.39 Å². The number of amides is 1. The molecule has 1 fully saturated rings. The van der Waals surface area contributed by atoms with Crippen LogP contribution in [0.2, 0.25) is 0 Å². The van der Waals surface area contributed by atoms with E-state index in [1.54, 1.807) is 12.1 Å². The number of ether oxygens (including phenoxy) is 1. The summed E-state index contributed by atoms with van der Waals surface area (Å²) >= 11 is 0. The number of hydrogen-bond donors (Lipinski definition) is 1. The molecule has 33 heavy (non-hydrogen) atoms. The summed E-state index contributed by atoms with van der Waals surface area (Å²) in [5.41, 5.74) is 1.03. The maximum Gasteiger partial charge on any atom is 0.338 e. The van der Waals surface area contributed by atoms with Crippen molar-refractivity contribution in [2.45, 2.75) is 31.6 Å². The van der Waals surface area contributed by atoms with E-state index in [1.165, 1.54) is 40.7 Å². The molecule has 9 heteroatoms. The van der Waals surface area contributed by atoms with Crippen molar-refractivity contribution in [2.75, 3.05) is 26.2 Å². The maximum atomic E-state index is 12.9. The second-order valence-corrected chi connectivity index (χ2v) is 10.5. The summed E-state index contributed by atoms with van der Waals surface area (Å²) in [6, 6.07) is 11.5. The van der Waals surface area contributed by atoms with Crippen molar-refractivity contribution < 1.29 is 27.1 Å². The lowest BCUT2D eigenvalue weighted by Crippen LogP contribution is -2.42. The molecule has 0 aromatic heterocycles. The number of esters is 1. The first-order valence-corrected chi connectivity index (χ1v) is 12.4. The highest BCUT2D eigenvalue weighted by Gasteiger charge is 2.31. The zero-order chi connectivity index (χ0) is 24.0. The second-order valence-electron chi connectivity index (χ2n) is 8.59. The molecule has 2 atom stereocenters. The van der Waals surface area contributed by atoms with Crippen LogP contribution in [-0.2, 0) is 26.0 Å². The lowest BCUT2D eigenvalue weighted by atomic mass is 9.94. The Labute approximate surface area is 194 Å². The summed E-state index contributed by atoms with van der Waals surface area (Å²) in [6.45, 7) is 4.90. The SMILES string of the molecule is CC1CC(C)CN(S(=O)(=O)c2ccc(C(=O)OCC(=O)NCCc3ccc(F)cc3)cc2)C1. The molecule has 1 N–H and O–H groups in total. The number of sulfonamides is 1. The van der Waals surface area contributed by atoms with E-state index in [0.29, 0.717) is 37.9 Å².